The molecule has 1 aromatic rings. The molecular formula is C14H23ClN2O2. The highest BCUT2D eigenvalue weighted by atomic mass is 35.5. The molecule has 3 N–H and O–H groups in total. The molecule has 4 nitrogen and oxygen atoms in total. The van der Waals surface area contributed by atoms with Gasteiger partial charge in [-0.25, -0.2) is 0 Å². The maximum Gasteiger partial charge on any atom is 0.237 e. The van der Waals surface area contributed by atoms with E-state index < -0.39 is 6.04 Å². The van der Waals surface area contributed by atoms with Crippen LogP contribution in [-0.4, -0.2) is 31.7 Å². The predicted molar refractivity (Wildman–Crippen MR) is 79.5 cm³/mol. The minimum absolute atomic E-state index is 0. The molecule has 1 rings (SSSR count). The molecule has 5 heteroatoms. The van der Waals surface area contributed by atoms with Crippen molar-refractivity contribution in [2.24, 2.45) is 5.73 Å². The van der Waals surface area contributed by atoms with Gasteiger partial charge in [-0.2, -0.15) is 0 Å². The molecule has 0 radical (unpaired) electrons. The molecule has 108 valence electrons. The Morgan fingerprint density at radius 1 is 1.37 bits per heavy atom. The number of nitrogens with two attached hydrogens (primary N) is 1. The molecular weight excluding hydrogens is 264 g/mol. The normalized spacial score (nSPS) is 11.5. The molecule has 0 aromatic heterocycles. The number of rotatable bonds is 8. The minimum Gasteiger partial charge on any atom is -0.382 e. The van der Waals surface area contributed by atoms with Crippen LogP contribution < -0.4 is 11.1 Å². The summed E-state index contributed by atoms with van der Waals surface area (Å²) in [5, 5.41) is 2.82. The van der Waals surface area contributed by atoms with Gasteiger partial charge in [-0.1, -0.05) is 30.3 Å². The Kier molecular flexibility index (Phi) is 10.2. The smallest absolute Gasteiger partial charge is 0.237 e. The maximum absolute atomic E-state index is 11.7. The fraction of sp³-hybridized carbons (Fsp3) is 0.500. The van der Waals surface area contributed by atoms with Gasteiger partial charge < -0.3 is 15.8 Å². The van der Waals surface area contributed by atoms with Crippen LogP contribution in [0.3, 0.4) is 0 Å². The molecule has 1 aromatic carbocycles. The van der Waals surface area contributed by atoms with Crippen molar-refractivity contribution >= 4 is 18.3 Å². The number of carbonyl (C=O) groups is 1. The first-order valence-electron chi connectivity index (χ1n) is 6.39. The zero-order valence-corrected chi connectivity index (χ0v) is 12.1. The molecule has 0 fully saturated rings. The number of ether oxygens (including phenoxy) is 1. The Bertz CT molecular complexity index is 347. The van der Waals surface area contributed by atoms with Crippen LogP contribution in [0.4, 0.5) is 0 Å². The van der Waals surface area contributed by atoms with Crippen molar-refractivity contribution in [3.8, 4) is 0 Å². The van der Waals surface area contributed by atoms with E-state index in [1.807, 2.05) is 37.3 Å². The van der Waals surface area contributed by atoms with Gasteiger partial charge in [0.2, 0.25) is 5.91 Å². The van der Waals surface area contributed by atoms with E-state index in [1.54, 1.807) is 0 Å². The van der Waals surface area contributed by atoms with Gasteiger partial charge in [-0.05, 0) is 25.3 Å². The number of amides is 1. The third-order valence-corrected chi connectivity index (χ3v) is 2.60. The molecule has 0 aliphatic rings. The summed E-state index contributed by atoms with van der Waals surface area (Å²) in [5.74, 6) is -0.102. The number of carbonyl (C=O) groups excluding carboxylic acids is 1. The molecule has 1 amide bonds. The SMILES string of the molecule is CCOCCCNC(=O)C(N)Cc1ccccc1.Cl. The summed E-state index contributed by atoms with van der Waals surface area (Å²) in [6, 6.07) is 9.30. The zero-order chi connectivity index (χ0) is 13.2. The summed E-state index contributed by atoms with van der Waals surface area (Å²) in [4.78, 5) is 11.7. The molecule has 0 aliphatic heterocycles. The molecule has 0 aliphatic carbocycles. The summed E-state index contributed by atoms with van der Waals surface area (Å²) >= 11 is 0. The summed E-state index contributed by atoms with van der Waals surface area (Å²) in [6.07, 6.45) is 1.38. The zero-order valence-electron chi connectivity index (χ0n) is 11.3. The Balaban J connectivity index is 0.00000324. The van der Waals surface area contributed by atoms with Crippen molar-refractivity contribution in [3.63, 3.8) is 0 Å². The van der Waals surface area contributed by atoms with Crippen LogP contribution >= 0.6 is 12.4 Å². The Morgan fingerprint density at radius 3 is 2.68 bits per heavy atom. The first kappa shape index (κ1) is 17.9. The second kappa shape index (κ2) is 10.8. The maximum atomic E-state index is 11.7. The van der Waals surface area contributed by atoms with Crippen LogP contribution in [0.5, 0.6) is 0 Å². The average Bonchev–Trinajstić information content (AvgIpc) is 2.39. The molecule has 1 atom stereocenters. The van der Waals surface area contributed by atoms with Crippen molar-refractivity contribution in [3.05, 3.63) is 35.9 Å². The van der Waals surface area contributed by atoms with Gasteiger partial charge in [0.1, 0.15) is 0 Å². The van der Waals surface area contributed by atoms with E-state index in [-0.39, 0.29) is 18.3 Å². The summed E-state index contributed by atoms with van der Waals surface area (Å²) in [7, 11) is 0. The van der Waals surface area contributed by atoms with Crippen LogP contribution in [0, 0.1) is 0 Å². The van der Waals surface area contributed by atoms with E-state index in [4.69, 9.17) is 10.5 Å². The van der Waals surface area contributed by atoms with Crippen LogP contribution in [0.1, 0.15) is 18.9 Å². The van der Waals surface area contributed by atoms with Crippen LogP contribution in [-0.2, 0) is 16.0 Å². The highest BCUT2D eigenvalue weighted by molar-refractivity contribution is 5.85. The second-order valence-electron chi connectivity index (χ2n) is 4.14. The highest BCUT2D eigenvalue weighted by Crippen LogP contribution is 2.01. The van der Waals surface area contributed by atoms with Crippen molar-refractivity contribution in [2.75, 3.05) is 19.8 Å². The Hall–Kier alpha value is -1.10. The molecule has 0 saturated carbocycles. The number of halogens is 1. The minimum atomic E-state index is -0.487. The lowest BCUT2D eigenvalue weighted by molar-refractivity contribution is -0.122. The molecule has 19 heavy (non-hydrogen) atoms. The molecule has 1 unspecified atom stereocenters. The van der Waals surface area contributed by atoms with E-state index in [0.29, 0.717) is 26.2 Å². The second-order valence-corrected chi connectivity index (χ2v) is 4.14. The Labute approximate surface area is 121 Å². The lowest BCUT2D eigenvalue weighted by Crippen LogP contribution is -2.42. The summed E-state index contributed by atoms with van der Waals surface area (Å²) in [5.41, 5.74) is 6.93. The topological polar surface area (TPSA) is 64.3 Å². The Morgan fingerprint density at radius 2 is 2.05 bits per heavy atom. The van der Waals surface area contributed by atoms with Crippen molar-refractivity contribution in [2.45, 2.75) is 25.8 Å². The lowest BCUT2D eigenvalue weighted by atomic mass is 10.1. The highest BCUT2D eigenvalue weighted by Gasteiger charge is 2.12. The number of benzene rings is 1. The van der Waals surface area contributed by atoms with E-state index in [1.165, 1.54) is 0 Å². The quantitative estimate of drug-likeness (QED) is 0.712. The summed E-state index contributed by atoms with van der Waals surface area (Å²) < 4.78 is 5.19. The van der Waals surface area contributed by atoms with Gasteiger partial charge in [0, 0.05) is 19.8 Å². The third-order valence-electron chi connectivity index (χ3n) is 2.60. The van der Waals surface area contributed by atoms with Gasteiger partial charge >= 0.3 is 0 Å². The van der Waals surface area contributed by atoms with E-state index in [0.717, 1.165) is 12.0 Å². The molecule has 0 spiro atoms. The first-order valence-corrected chi connectivity index (χ1v) is 6.39. The molecule has 0 bridgehead atoms. The van der Waals surface area contributed by atoms with Crippen LogP contribution in [0.15, 0.2) is 30.3 Å². The van der Waals surface area contributed by atoms with E-state index >= 15 is 0 Å². The van der Waals surface area contributed by atoms with Crippen molar-refractivity contribution in [1.82, 2.24) is 5.32 Å². The molecule has 0 saturated heterocycles. The standard InChI is InChI=1S/C14H22N2O2.ClH/c1-2-18-10-6-9-16-14(17)13(15)11-12-7-4-3-5-8-12;/h3-5,7-8,13H,2,6,9-11,15H2,1H3,(H,16,17);1H. The fourth-order valence-electron chi connectivity index (χ4n) is 1.62. The number of hydrogen-bond donors (Lipinski definition) is 2. The number of nitrogens with one attached hydrogen (secondary N) is 1. The predicted octanol–water partition coefficient (Wildman–Crippen LogP) is 1.52. The van der Waals surface area contributed by atoms with Gasteiger partial charge in [-0.3, -0.25) is 4.79 Å². The average molecular weight is 287 g/mol. The first-order chi connectivity index (χ1) is 8.74. The van der Waals surface area contributed by atoms with Crippen molar-refractivity contribution < 1.29 is 9.53 Å². The van der Waals surface area contributed by atoms with Crippen LogP contribution in [0.2, 0.25) is 0 Å². The lowest BCUT2D eigenvalue weighted by Gasteiger charge is -2.12. The largest absolute Gasteiger partial charge is 0.382 e. The summed E-state index contributed by atoms with van der Waals surface area (Å²) in [6.45, 7) is 3.95. The van der Waals surface area contributed by atoms with Gasteiger partial charge in [0.15, 0.2) is 0 Å². The van der Waals surface area contributed by atoms with E-state index in [9.17, 15) is 4.79 Å². The fourth-order valence-corrected chi connectivity index (χ4v) is 1.62. The van der Waals surface area contributed by atoms with Gasteiger partial charge in [-0.15, -0.1) is 12.4 Å². The van der Waals surface area contributed by atoms with Crippen LogP contribution in [0.25, 0.3) is 0 Å². The number of hydrogen-bond acceptors (Lipinski definition) is 3. The monoisotopic (exact) mass is 286 g/mol. The van der Waals surface area contributed by atoms with Gasteiger partial charge in [0.05, 0.1) is 6.04 Å². The molecule has 0 heterocycles. The van der Waals surface area contributed by atoms with E-state index in [2.05, 4.69) is 5.32 Å². The third kappa shape index (κ3) is 7.82. The van der Waals surface area contributed by atoms with Gasteiger partial charge in [0.25, 0.3) is 0 Å². The van der Waals surface area contributed by atoms with Crippen molar-refractivity contribution in [1.29, 1.82) is 0 Å².